The van der Waals surface area contributed by atoms with Crippen molar-refractivity contribution in [2.24, 2.45) is 0 Å². The van der Waals surface area contributed by atoms with Gasteiger partial charge in [-0.05, 0) is 62.9 Å². The van der Waals surface area contributed by atoms with Gasteiger partial charge < -0.3 is 15.0 Å². The first kappa shape index (κ1) is 23.8. The van der Waals surface area contributed by atoms with Gasteiger partial charge in [-0.2, -0.15) is 0 Å². The highest BCUT2D eigenvalue weighted by molar-refractivity contribution is 5.88. The number of benzene rings is 2. The Morgan fingerprint density at radius 1 is 1.09 bits per heavy atom. The maximum Gasteiger partial charge on any atom is 0.261 e. The number of hydrogen-bond acceptors (Lipinski definition) is 3. The highest BCUT2D eigenvalue weighted by Gasteiger charge is 2.29. The lowest BCUT2D eigenvalue weighted by Gasteiger charge is -2.31. The van der Waals surface area contributed by atoms with Crippen molar-refractivity contribution in [2.45, 2.75) is 71.5 Å². The lowest BCUT2D eigenvalue weighted by molar-refractivity contribution is -0.142. The minimum atomic E-state index is -0.744. The number of aryl methyl sites for hydroxylation is 2. The molecule has 0 unspecified atom stereocenters. The average molecular weight is 441 g/mol. The summed E-state index contributed by atoms with van der Waals surface area (Å²) in [5, 5.41) is 3.08. The molecule has 32 heavy (non-hydrogen) atoms. The first-order chi connectivity index (χ1) is 15.3. The predicted molar refractivity (Wildman–Crippen MR) is 123 cm³/mol. The van der Waals surface area contributed by atoms with E-state index in [1.165, 1.54) is 17.4 Å². The third kappa shape index (κ3) is 6.55. The van der Waals surface area contributed by atoms with Crippen LogP contribution in [0.5, 0.6) is 5.75 Å². The Morgan fingerprint density at radius 3 is 2.41 bits per heavy atom. The summed E-state index contributed by atoms with van der Waals surface area (Å²) in [5.41, 5.74) is 2.44. The molecule has 1 fully saturated rings. The molecule has 5 nitrogen and oxygen atoms in total. The third-order valence-corrected chi connectivity index (χ3v) is 5.97. The van der Waals surface area contributed by atoms with Gasteiger partial charge in [0.05, 0.1) is 0 Å². The van der Waals surface area contributed by atoms with Crippen molar-refractivity contribution in [1.29, 1.82) is 0 Å². The van der Waals surface area contributed by atoms with Gasteiger partial charge >= 0.3 is 0 Å². The molecule has 0 aromatic heterocycles. The molecule has 172 valence electrons. The summed E-state index contributed by atoms with van der Waals surface area (Å²) in [6.07, 6.45) is 5.29. The Balaban J connectivity index is 1.73. The van der Waals surface area contributed by atoms with Crippen molar-refractivity contribution in [3.63, 3.8) is 0 Å². The molecule has 1 N–H and O–H groups in total. The van der Waals surface area contributed by atoms with Crippen LogP contribution in [-0.4, -0.2) is 35.4 Å². The number of nitrogens with one attached hydrogen (secondary N) is 1. The molecule has 0 spiro atoms. The average Bonchev–Trinajstić information content (AvgIpc) is 2.76. The SMILES string of the molecule is Cc1cc(C)cc(OCC(=O)N(Cc2ccccc2F)[C@H](C)C(=O)NC2CCCCC2)c1. The highest BCUT2D eigenvalue weighted by Crippen LogP contribution is 2.20. The Kier molecular flexibility index (Phi) is 8.26. The molecule has 0 radical (unpaired) electrons. The van der Waals surface area contributed by atoms with E-state index in [4.69, 9.17) is 4.74 Å². The van der Waals surface area contributed by atoms with Crippen molar-refractivity contribution in [3.8, 4) is 5.75 Å². The molecule has 2 aromatic carbocycles. The van der Waals surface area contributed by atoms with Crippen LogP contribution in [-0.2, 0) is 16.1 Å². The summed E-state index contributed by atoms with van der Waals surface area (Å²) in [6, 6.07) is 11.5. The van der Waals surface area contributed by atoms with Crippen LogP contribution in [0.1, 0.15) is 55.7 Å². The van der Waals surface area contributed by atoms with Gasteiger partial charge in [0.25, 0.3) is 5.91 Å². The maximum atomic E-state index is 14.3. The number of ether oxygens (including phenoxy) is 1. The molecule has 1 saturated carbocycles. The van der Waals surface area contributed by atoms with Crippen LogP contribution in [0.2, 0.25) is 0 Å². The Hall–Kier alpha value is -2.89. The van der Waals surface area contributed by atoms with E-state index in [-0.39, 0.29) is 31.0 Å². The fraction of sp³-hybridized carbons (Fsp3) is 0.462. The van der Waals surface area contributed by atoms with E-state index < -0.39 is 11.9 Å². The molecular weight excluding hydrogens is 407 g/mol. The van der Waals surface area contributed by atoms with Crippen molar-refractivity contribution in [2.75, 3.05) is 6.61 Å². The summed E-state index contributed by atoms with van der Waals surface area (Å²) in [5.74, 6) is -0.381. The van der Waals surface area contributed by atoms with E-state index in [9.17, 15) is 14.0 Å². The van der Waals surface area contributed by atoms with Crippen molar-refractivity contribution in [1.82, 2.24) is 10.2 Å². The molecule has 2 amide bonds. The summed E-state index contributed by atoms with van der Waals surface area (Å²) < 4.78 is 20.1. The molecule has 3 rings (SSSR count). The zero-order chi connectivity index (χ0) is 23.1. The fourth-order valence-electron chi connectivity index (χ4n) is 4.21. The predicted octanol–water partition coefficient (Wildman–Crippen LogP) is 4.69. The summed E-state index contributed by atoms with van der Waals surface area (Å²) in [4.78, 5) is 27.5. The number of hydrogen-bond donors (Lipinski definition) is 1. The van der Waals surface area contributed by atoms with Crippen LogP contribution < -0.4 is 10.1 Å². The minimum Gasteiger partial charge on any atom is -0.484 e. The topological polar surface area (TPSA) is 58.6 Å². The Morgan fingerprint density at radius 2 is 1.75 bits per heavy atom. The molecule has 0 saturated heterocycles. The molecule has 1 atom stereocenters. The second-order valence-electron chi connectivity index (χ2n) is 8.74. The van der Waals surface area contributed by atoms with Crippen LogP contribution in [0.15, 0.2) is 42.5 Å². The number of carbonyl (C=O) groups excluding carboxylic acids is 2. The zero-order valence-electron chi connectivity index (χ0n) is 19.2. The second-order valence-corrected chi connectivity index (χ2v) is 8.74. The molecule has 2 aromatic rings. The van der Waals surface area contributed by atoms with E-state index in [0.717, 1.165) is 36.8 Å². The first-order valence-corrected chi connectivity index (χ1v) is 11.4. The van der Waals surface area contributed by atoms with E-state index in [1.54, 1.807) is 25.1 Å². The number of amides is 2. The van der Waals surface area contributed by atoms with Gasteiger partial charge in [0.15, 0.2) is 6.61 Å². The van der Waals surface area contributed by atoms with Gasteiger partial charge in [0, 0.05) is 18.2 Å². The van der Waals surface area contributed by atoms with Crippen LogP contribution in [0, 0.1) is 19.7 Å². The second kappa shape index (κ2) is 11.1. The van der Waals surface area contributed by atoms with Gasteiger partial charge in [-0.1, -0.05) is 43.5 Å². The monoisotopic (exact) mass is 440 g/mol. The van der Waals surface area contributed by atoms with E-state index >= 15 is 0 Å². The largest absolute Gasteiger partial charge is 0.484 e. The summed E-state index contributed by atoms with van der Waals surface area (Å²) in [7, 11) is 0. The number of rotatable bonds is 8. The highest BCUT2D eigenvalue weighted by atomic mass is 19.1. The lowest BCUT2D eigenvalue weighted by atomic mass is 9.95. The van der Waals surface area contributed by atoms with Crippen LogP contribution in [0.3, 0.4) is 0 Å². The van der Waals surface area contributed by atoms with Crippen molar-refractivity contribution < 1.29 is 18.7 Å². The maximum absolute atomic E-state index is 14.3. The summed E-state index contributed by atoms with van der Waals surface area (Å²) >= 11 is 0. The van der Waals surface area contributed by atoms with Gasteiger partial charge in [-0.15, -0.1) is 0 Å². The fourth-order valence-corrected chi connectivity index (χ4v) is 4.21. The number of nitrogens with zero attached hydrogens (tertiary/aromatic N) is 1. The van der Waals surface area contributed by atoms with Crippen LogP contribution >= 0.6 is 0 Å². The molecular formula is C26H33FN2O3. The van der Waals surface area contributed by atoms with Gasteiger partial charge in [0.2, 0.25) is 5.91 Å². The smallest absolute Gasteiger partial charge is 0.261 e. The Bertz CT molecular complexity index is 920. The Labute approximate surface area is 190 Å². The number of halogens is 1. The van der Waals surface area contributed by atoms with Crippen LogP contribution in [0.25, 0.3) is 0 Å². The van der Waals surface area contributed by atoms with Crippen LogP contribution in [0.4, 0.5) is 4.39 Å². The molecule has 1 aliphatic rings. The summed E-state index contributed by atoms with van der Waals surface area (Å²) in [6.45, 7) is 5.39. The quantitative estimate of drug-likeness (QED) is 0.648. The molecule has 1 aliphatic carbocycles. The van der Waals surface area contributed by atoms with Crippen molar-refractivity contribution in [3.05, 3.63) is 65.0 Å². The molecule has 0 aliphatic heterocycles. The van der Waals surface area contributed by atoms with E-state index in [2.05, 4.69) is 5.32 Å². The third-order valence-electron chi connectivity index (χ3n) is 5.97. The minimum absolute atomic E-state index is 0.000958. The first-order valence-electron chi connectivity index (χ1n) is 11.4. The normalized spacial score (nSPS) is 15.1. The standard InChI is InChI=1S/C26H33FN2O3/c1-18-13-19(2)15-23(14-18)32-17-25(30)29(16-21-9-7-8-12-24(21)27)20(3)26(31)28-22-10-5-4-6-11-22/h7-9,12-15,20,22H,4-6,10-11,16-17H2,1-3H3,(H,28,31)/t20-/m1/s1. The van der Waals surface area contributed by atoms with Gasteiger partial charge in [-0.25, -0.2) is 4.39 Å². The number of carbonyl (C=O) groups is 2. The zero-order valence-corrected chi connectivity index (χ0v) is 19.2. The van der Waals surface area contributed by atoms with Gasteiger partial charge in [-0.3, -0.25) is 9.59 Å². The lowest BCUT2D eigenvalue weighted by Crippen LogP contribution is -2.51. The van der Waals surface area contributed by atoms with E-state index in [1.807, 2.05) is 32.0 Å². The molecule has 0 heterocycles. The molecule has 6 heteroatoms. The van der Waals surface area contributed by atoms with E-state index in [0.29, 0.717) is 11.3 Å². The van der Waals surface area contributed by atoms with Gasteiger partial charge in [0.1, 0.15) is 17.6 Å². The van der Waals surface area contributed by atoms with Crippen molar-refractivity contribution >= 4 is 11.8 Å². The molecule has 0 bridgehead atoms.